The lowest BCUT2D eigenvalue weighted by Crippen LogP contribution is -2.20. The normalized spacial score (nSPS) is 10.4. The second-order valence-electron chi connectivity index (χ2n) is 5.87. The zero-order valence-corrected chi connectivity index (χ0v) is 14.5. The highest BCUT2D eigenvalue weighted by atomic mass is 16.6. The molecule has 1 amide bonds. The van der Waals surface area contributed by atoms with Gasteiger partial charge in [-0.2, -0.15) is 0 Å². The average Bonchev–Trinajstić information content (AvgIpc) is 3.06. The number of nitro benzene ring substituents is 1. The van der Waals surface area contributed by atoms with Gasteiger partial charge < -0.3 is 14.6 Å². The van der Waals surface area contributed by atoms with Crippen LogP contribution in [0.25, 0.3) is 0 Å². The minimum Gasteiger partial charge on any atom is -0.483 e. The van der Waals surface area contributed by atoms with Crippen LogP contribution in [0.4, 0.5) is 11.5 Å². The molecule has 8 heteroatoms. The van der Waals surface area contributed by atoms with Crippen molar-refractivity contribution in [1.29, 1.82) is 0 Å². The van der Waals surface area contributed by atoms with Crippen LogP contribution in [0.5, 0.6) is 5.75 Å². The van der Waals surface area contributed by atoms with E-state index in [2.05, 4.69) is 10.5 Å². The molecule has 8 nitrogen and oxygen atoms in total. The third-order valence-electron chi connectivity index (χ3n) is 3.75. The van der Waals surface area contributed by atoms with Crippen molar-refractivity contribution in [3.63, 3.8) is 0 Å². The van der Waals surface area contributed by atoms with Gasteiger partial charge in [-0.3, -0.25) is 14.9 Å². The van der Waals surface area contributed by atoms with E-state index in [9.17, 15) is 14.9 Å². The molecule has 0 fully saturated rings. The number of aromatic nitrogens is 1. The van der Waals surface area contributed by atoms with E-state index in [1.54, 1.807) is 13.0 Å². The number of hydrogen-bond acceptors (Lipinski definition) is 6. The van der Waals surface area contributed by atoms with E-state index < -0.39 is 10.8 Å². The molecule has 1 heterocycles. The Balaban J connectivity index is 1.73. The first-order chi connectivity index (χ1) is 13.0. The van der Waals surface area contributed by atoms with Gasteiger partial charge in [0.15, 0.2) is 12.4 Å². The highest BCUT2D eigenvalue weighted by Gasteiger charge is 2.14. The molecular formula is C19H17N3O5. The van der Waals surface area contributed by atoms with E-state index in [0.29, 0.717) is 29.3 Å². The van der Waals surface area contributed by atoms with Crippen LogP contribution in [0.3, 0.4) is 0 Å². The van der Waals surface area contributed by atoms with Gasteiger partial charge in [0.1, 0.15) is 11.5 Å². The Morgan fingerprint density at radius 3 is 2.67 bits per heavy atom. The highest BCUT2D eigenvalue weighted by Crippen LogP contribution is 2.26. The van der Waals surface area contributed by atoms with Crippen LogP contribution in [0.1, 0.15) is 16.9 Å². The number of nitro groups is 1. The first kappa shape index (κ1) is 18.1. The molecule has 0 saturated heterocycles. The molecule has 0 saturated carbocycles. The first-order valence-electron chi connectivity index (χ1n) is 8.18. The summed E-state index contributed by atoms with van der Waals surface area (Å²) >= 11 is 0. The molecule has 0 atom stereocenters. The van der Waals surface area contributed by atoms with Crippen molar-refractivity contribution in [3.05, 3.63) is 81.6 Å². The molecule has 27 heavy (non-hydrogen) atoms. The summed E-state index contributed by atoms with van der Waals surface area (Å²) in [5.74, 6) is 0.879. The second kappa shape index (κ2) is 8.13. The van der Waals surface area contributed by atoms with Crippen LogP contribution in [-0.2, 0) is 11.2 Å². The van der Waals surface area contributed by atoms with Gasteiger partial charge >= 0.3 is 0 Å². The molecule has 3 aromatic rings. The lowest BCUT2D eigenvalue weighted by atomic mass is 10.0. The molecule has 0 aliphatic heterocycles. The monoisotopic (exact) mass is 367 g/mol. The van der Waals surface area contributed by atoms with Gasteiger partial charge in [-0.25, -0.2) is 0 Å². The summed E-state index contributed by atoms with van der Waals surface area (Å²) in [6, 6.07) is 15.4. The largest absolute Gasteiger partial charge is 0.483 e. The summed E-state index contributed by atoms with van der Waals surface area (Å²) in [4.78, 5) is 22.6. The molecule has 3 rings (SSSR count). The van der Waals surface area contributed by atoms with Gasteiger partial charge in [0, 0.05) is 30.2 Å². The number of ether oxygens (including phenoxy) is 1. The molecular weight excluding hydrogens is 350 g/mol. The molecule has 1 N–H and O–H groups in total. The molecule has 138 valence electrons. The van der Waals surface area contributed by atoms with Crippen LogP contribution in [0, 0.1) is 17.0 Å². The van der Waals surface area contributed by atoms with Crippen molar-refractivity contribution >= 4 is 17.4 Å². The predicted molar refractivity (Wildman–Crippen MR) is 97.7 cm³/mol. The number of nitrogens with zero attached hydrogens (tertiary/aromatic N) is 2. The highest BCUT2D eigenvalue weighted by molar-refractivity contribution is 5.90. The van der Waals surface area contributed by atoms with Crippen molar-refractivity contribution in [2.75, 3.05) is 11.9 Å². The first-order valence-corrected chi connectivity index (χ1v) is 8.18. The molecule has 2 aromatic carbocycles. The standard InChI is InChI=1S/C19H17N3O5/c1-13-9-18(21-27-13)20-19(23)12-26-17-8-7-16(22(24)25)11-15(17)10-14-5-3-2-4-6-14/h2-9,11H,10,12H2,1H3,(H,20,21,23). The fraction of sp³-hybridized carbons (Fsp3) is 0.158. The van der Waals surface area contributed by atoms with Crippen LogP contribution in [-0.4, -0.2) is 22.6 Å². The number of carbonyl (C=O) groups is 1. The molecule has 0 aliphatic rings. The van der Waals surface area contributed by atoms with Gasteiger partial charge in [-0.1, -0.05) is 35.5 Å². The van der Waals surface area contributed by atoms with Crippen LogP contribution in [0.15, 0.2) is 59.1 Å². The molecule has 0 spiro atoms. The Morgan fingerprint density at radius 2 is 2.00 bits per heavy atom. The maximum absolute atomic E-state index is 12.0. The molecule has 0 bridgehead atoms. The van der Waals surface area contributed by atoms with Crippen molar-refractivity contribution in [2.45, 2.75) is 13.3 Å². The smallest absolute Gasteiger partial charge is 0.269 e. The van der Waals surface area contributed by atoms with Crippen molar-refractivity contribution in [1.82, 2.24) is 5.16 Å². The van der Waals surface area contributed by atoms with E-state index in [1.807, 2.05) is 30.3 Å². The number of non-ortho nitro benzene ring substituents is 1. The number of anilines is 1. The number of nitrogens with one attached hydrogen (secondary N) is 1. The average molecular weight is 367 g/mol. The maximum Gasteiger partial charge on any atom is 0.269 e. The van der Waals surface area contributed by atoms with E-state index in [0.717, 1.165) is 5.56 Å². The summed E-state index contributed by atoms with van der Waals surface area (Å²) in [5.41, 5.74) is 1.57. The van der Waals surface area contributed by atoms with Crippen LogP contribution in [0.2, 0.25) is 0 Å². The molecule has 0 unspecified atom stereocenters. The van der Waals surface area contributed by atoms with E-state index in [-0.39, 0.29) is 12.3 Å². The predicted octanol–water partition coefficient (Wildman–Crippen LogP) is 3.50. The van der Waals surface area contributed by atoms with Crippen LogP contribution >= 0.6 is 0 Å². The van der Waals surface area contributed by atoms with Gasteiger partial charge in [0.05, 0.1) is 4.92 Å². The minimum absolute atomic E-state index is 0.0317. The Bertz CT molecular complexity index is 953. The lowest BCUT2D eigenvalue weighted by molar-refractivity contribution is -0.384. The third kappa shape index (κ3) is 4.91. The zero-order valence-electron chi connectivity index (χ0n) is 14.5. The summed E-state index contributed by atoms with van der Waals surface area (Å²) < 4.78 is 10.5. The van der Waals surface area contributed by atoms with Crippen LogP contribution < -0.4 is 10.1 Å². The third-order valence-corrected chi connectivity index (χ3v) is 3.75. The van der Waals surface area contributed by atoms with Gasteiger partial charge in [-0.05, 0) is 18.6 Å². The Morgan fingerprint density at radius 1 is 1.22 bits per heavy atom. The van der Waals surface area contributed by atoms with Crippen molar-refractivity contribution < 1.29 is 19.0 Å². The fourth-order valence-corrected chi connectivity index (χ4v) is 2.52. The number of hydrogen-bond donors (Lipinski definition) is 1. The quantitative estimate of drug-likeness (QED) is 0.506. The number of amides is 1. The minimum atomic E-state index is -0.460. The molecule has 0 radical (unpaired) electrons. The number of rotatable bonds is 7. The summed E-state index contributed by atoms with van der Waals surface area (Å²) in [6.45, 7) is 1.46. The van der Waals surface area contributed by atoms with Gasteiger partial charge in [0.25, 0.3) is 11.6 Å². The Labute approximate surface area is 154 Å². The number of benzene rings is 2. The van der Waals surface area contributed by atoms with E-state index >= 15 is 0 Å². The number of carbonyl (C=O) groups excluding carboxylic acids is 1. The number of aryl methyl sites for hydroxylation is 1. The Hall–Kier alpha value is -3.68. The summed E-state index contributed by atoms with van der Waals surface area (Å²) in [6.07, 6.45) is 0.446. The van der Waals surface area contributed by atoms with Gasteiger partial charge in [-0.15, -0.1) is 0 Å². The van der Waals surface area contributed by atoms with Crippen molar-refractivity contribution in [3.8, 4) is 5.75 Å². The maximum atomic E-state index is 12.0. The van der Waals surface area contributed by atoms with E-state index in [4.69, 9.17) is 9.26 Å². The Kier molecular flexibility index (Phi) is 5.46. The second-order valence-corrected chi connectivity index (χ2v) is 5.87. The van der Waals surface area contributed by atoms with E-state index in [1.165, 1.54) is 18.2 Å². The van der Waals surface area contributed by atoms with Gasteiger partial charge in [0.2, 0.25) is 0 Å². The molecule has 0 aliphatic carbocycles. The molecule has 1 aromatic heterocycles. The zero-order chi connectivity index (χ0) is 19.2. The summed E-state index contributed by atoms with van der Waals surface area (Å²) in [7, 11) is 0. The lowest BCUT2D eigenvalue weighted by Gasteiger charge is -2.11. The van der Waals surface area contributed by atoms with Crippen molar-refractivity contribution in [2.24, 2.45) is 0 Å². The SMILES string of the molecule is Cc1cc(NC(=O)COc2ccc([N+](=O)[O-])cc2Cc2ccccc2)no1. The summed E-state index contributed by atoms with van der Waals surface area (Å²) in [5, 5.41) is 17.3. The fourth-order valence-electron chi connectivity index (χ4n) is 2.52. The topological polar surface area (TPSA) is 108 Å².